The van der Waals surface area contributed by atoms with E-state index in [1.54, 1.807) is 0 Å². The first-order valence-corrected chi connectivity index (χ1v) is 9.66. The van der Waals surface area contributed by atoms with Gasteiger partial charge in [-0.05, 0) is 43.4 Å². The van der Waals surface area contributed by atoms with Gasteiger partial charge in [0.2, 0.25) is 5.91 Å². The van der Waals surface area contributed by atoms with Crippen LogP contribution in [0.15, 0.2) is 28.7 Å². The van der Waals surface area contributed by atoms with E-state index in [4.69, 9.17) is 4.42 Å². The molecule has 1 N–H and O–H groups in total. The largest absolute Gasteiger partial charge is 0.451 e. The zero-order chi connectivity index (χ0) is 18.1. The molecule has 5 nitrogen and oxygen atoms in total. The van der Waals surface area contributed by atoms with Crippen LogP contribution in [-0.2, 0) is 4.79 Å². The lowest BCUT2D eigenvalue weighted by Gasteiger charge is -2.41. The van der Waals surface area contributed by atoms with Gasteiger partial charge in [0.1, 0.15) is 5.58 Å². The van der Waals surface area contributed by atoms with Crippen LogP contribution < -0.4 is 5.32 Å². The number of carbonyl (C=O) groups excluding carboxylic acids is 2. The third kappa shape index (κ3) is 3.40. The van der Waals surface area contributed by atoms with E-state index < -0.39 is 0 Å². The predicted molar refractivity (Wildman–Crippen MR) is 101 cm³/mol. The average Bonchev–Trinajstić information content (AvgIpc) is 3.00. The van der Waals surface area contributed by atoms with Gasteiger partial charge in [-0.1, -0.05) is 31.4 Å². The zero-order valence-electron chi connectivity index (χ0n) is 15.3. The summed E-state index contributed by atoms with van der Waals surface area (Å²) in [6, 6.07) is 7.42. The Labute approximate surface area is 153 Å². The average molecular weight is 354 g/mol. The number of carbonyl (C=O) groups is 2. The number of rotatable bonds is 4. The first-order valence-electron chi connectivity index (χ1n) is 9.66. The molecule has 1 saturated carbocycles. The molecule has 2 unspecified atom stereocenters. The summed E-state index contributed by atoms with van der Waals surface area (Å²) in [4.78, 5) is 26.8. The van der Waals surface area contributed by atoms with Crippen LogP contribution >= 0.6 is 0 Å². The molecule has 5 heteroatoms. The highest BCUT2D eigenvalue weighted by Gasteiger charge is 2.31. The molecule has 2 atom stereocenters. The van der Waals surface area contributed by atoms with Gasteiger partial charge in [-0.15, -0.1) is 0 Å². The Hall–Kier alpha value is -2.14. The van der Waals surface area contributed by atoms with Crippen LogP contribution in [0.1, 0.15) is 49.6 Å². The first kappa shape index (κ1) is 17.3. The standard InChI is InChI=1S/C21H26N2O3/c1-14(24)21-20(17-8-4-5-9-18(17)26-21)22-19(25)13-23-11-10-15-6-2-3-7-16(15)12-23/h4-5,8-9,15-16H,2-3,6-7,10-13H2,1H3,(H,22,25). The molecule has 0 spiro atoms. The number of furan rings is 1. The highest BCUT2D eigenvalue weighted by Crippen LogP contribution is 2.36. The molecule has 2 heterocycles. The minimum Gasteiger partial charge on any atom is -0.451 e. The summed E-state index contributed by atoms with van der Waals surface area (Å²) in [7, 11) is 0. The number of nitrogens with one attached hydrogen (secondary N) is 1. The fourth-order valence-corrected chi connectivity index (χ4v) is 4.62. The van der Waals surface area contributed by atoms with E-state index in [2.05, 4.69) is 10.2 Å². The smallest absolute Gasteiger partial charge is 0.238 e. The second-order valence-corrected chi connectivity index (χ2v) is 7.74. The van der Waals surface area contributed by atoms with Crippen LogP contribution in [0.5, 0.6) is 0 Å². The number of Topliss-reactive ketones (excluding diaryl/α,β-unsaturated/α-hetero) is 1. The van der Waals surface area contributed by atoms with Crippen molar-refractivity contribution < 1.29 is 14.0 Å². The molecule has 138 valence electrons. The number of para-hydroxylation sites is 1. The Bertz CT molecular complexity index is 826. The normalized spacial score (nSPS) is 23.6. The van der Waals surface area contributed by atoms with E-state index in [-0.39, 0.29) is 17.5 Å². The maximum atomic E-state index is 12.7. The molecule has 1 aromatic carbocycles. The van der Waals surface area contributed by atoms with E-state index >= 15 is 0 Å². The minimum absolute atomic E-state index is 0.0756. The van der Waals surface area contributed by atoms with E-state index in [1.807, 2.05) is 24.3 Å². The van der Waals surface area contributed by atoms with Gasteiger partial charge in [0.25, 0.3) is 0 Å². The molecule has 26 heavy (non-hydrogen) atoms. The third-order valence-electron chi connectivity index (χ3n) is 5.92. The lowest BCUT2D eigenvalue weighted by molar-refractivity contribution is -0.118. The lowest BCUT2D eigenvalue weighted by atomic mass is 9.75. The summed E-state index contributed by atoms with van der Waals surface area (Å²) >= 11 is 0. The number of anilines is 1. The number of benzene rings is 1. The topological polar surface area (TPSA) is 62.6 Å². The van der Waals surface area contributed by atoms with Crippen LogP contribution in [-0.4, -0.2) is 36.2 Å². The quantitative estimate of drug-likeness (QED) is 0.840. The summed E-state index contributed by atoms with van der Waals surface area (Å²) < 4.78 is 5.64. The van der Waals surface area contributed by atoms with Crippen molar-refractivity contribution in [3.8, 4) is 0 Å². The van der Waals surface area contributed by atoms with Crippen molar-refractivity contribution in [2.24, 2.45) is 11.8 Å². The number of hydrogen-bond acceptors (Lipinski definition) is 4. The minimum atomic E-state index is -0.181. The molecule has 1 aromatic heterocycles. The molecule has 2 fully saturated rings. The second kappa shape index (κ2) is 7.23. The first-order chi connectivity index (χ1) is 12.6. The predicted octanol–water partition coefficient (Wildman–Crippen LogP) is 4.09. The molecule has 2 aliphatic rings. The molecule has 1 saturated heterocycles. The molecule has 1 amide bonds. The second-order valence-electron chi connectivity index (χ2n) is 7.74. The third-order valence-corrected chi connectivity index (χ3v) is 5.92. The molecular formula is C21H26N2O3. The van der Waals surface area contributed by atoms with E-state index in [1.165, 1.54) is 39.0 Å². The maximum absolute atomic E-state index is 12.7. The van der Waals surface area contributed by atoms with Gasteiger partial charge >= 0.3 is 0 Å². The summed E-state index contributed by atoms with van der Waals surface area (Å²) in [6.07, 6.45) is 6.54. The molecule has 1 aliphatic heterocycles. The number of fused-ring (bicyclic) bond motifs is 2. The number of hydrogen-bond donors (Lipinski definition) is 1. The molecule has 0 bridgehead atoms. The van der Waals surface area contributed by atoms with Gasteiger partial charge in [0.05, 0.1) is 12.2 Å². The molecule has 1 aliphatic carbocycles. The number of nitrogens with zero attached hydrogens (tertiary/aromatic N) is 1. The fourth-order valence-electron chi connectivity index (χ4n) is 4.62. The molecule has 4 rings (SSSR count). The van der Waals surface area contributed by atoms with Crippen molar-refractivity contribution in [1.82, 2.24) is 4.90 Å². The monoisotopic (exact) mass is 354 g/mol. The van der Waals surface area contributed by atoms with E-state index in [0.717, 1.165) is 30.3 Å². The summed E-state index contributed by atoms with van der Waals surface area (Å²) in [5.41, 5.74) is 1.13. The number of amides is 1. The van der Waals surface area contributed by atoms with Crippen LogP contribution in [0.25, 0.3) is 11.0 Å². The van der Waals surface area contributed by atoms with Gasteiger partial charge in [0, 0.05) is 18.9 Å². The fraction of sp³-hybridized carbons (Fsp3) is 0.524. The van der Waals surface area contributed by atoms with Crippen molar-refractivity contribution in [1.29, 1.82) is 0 Å². The Morgan fingerprint density at radius 2 is 1.92 bits per heavy atom. The number of likely N-dealkylation sites (tertiary alicyclic amines) is 1. The number of ketones is 1. The zero-order valence-corrected chi connectivity index (χ0v) is 15.3. The highest BCUT2D eigenvalue weighted by molar-refractivity contribution is 6.11. The van der Waals surface area contributed by atoms with Crippen molar-refractivity contribution in [2.45, 2.75) is 39.0 Å². The van der Waals surface area contributed by atoms with Gasteiger partial charge in [-0.2, -0.15) is 0 Å². The van der Waals surface area contributed by atoms with Crippen molar-refractivity contribution in [3.63, 3.8) is 0 Å². The van der Waals surface area contributed by atoms with Crippen LogP contribution in [0.4, 0.5) is 5.69 Å². The van der Waals surface area contributed by atoms with Crippen molar-refractivity contribution in [3.05, 3.63) is 30.0 Å². The molecule has 0 radical (unpaired) electrons. The molecule has 2 aromatic rings. The van der Waals surface area contributed by atoms with Gasteiger partial charge < -0.3 is 9.73 Å². The van der Waals surface area contributed by atoms with E-state index in [0.29, 0.717) is 17.8 Å². The maximum Gasteiger partial charge on any atom is 0.238 e. The van der Waals surface area contributed by atoms with Crippen LogP contribution in [0, 0.1) is 11.8 Å². The van der Waals surface area contributed by atoms with Gasteiger partial charge in [0.15, 0.2) is 11.5 Å². The van der Waals surface area contributed by atoms with Crippen LogP contribution in [0.3, 0.4) is 0 Å². The summed E-state index contributed by atoms with van der Waals surface area (Å²) in [5, 5.41) is 3.71. The Balaban J connectivity index is 1.46. The van der Waals surface area contributed by atoms with Crippen LogP contribution in [0.2, 0.25) is 0 Å². The van der Waals surface area contributed by atoms with Gasteiger partial charge in [-0.25, -0.2) is 0 Å². The Morgan fingerprint density at radius 3 is 2.73 bits per heavy atom. The summed E-state index contributed by atoms with van der Waals surface area (Å²) in [5.74, 6) is 1.57. The van der Waals surface area contributed by atoms with E-state index in [9.17, 15) is 9.59 Å². The highest BCUT2D eigenvalue weighted by atomic mass is 16.3. The summed E-state index contributed by atoms with van der Waals surface area (Å²) in [6.45, 7) is 3.84. The lowest BCUT2D eigenvalue weighted by Crippen LogP contribution is -2.44. The SMILES string of the molecule is CC(=O)c1oc2ccccc2c1NC(=O)CN1CCC2CCCCC2C1. The molecular weight excluding hydrogens is 328 g/mol. The van der Waals surface area contributed by atoms with Gasteiger partial charge in [-0.3, -0.25) is 14.5 Å². The van der Waals surface area contributed by atoms with Crippen molar-refractivity contribution in [2.75, 3.05) is 25.0 Å². The number of piperidine rings is 1. The van der Waals surface area contributed by atoms with Crippen molar-refractivity contribution >= 4 is 28.3 Å². The Morgan fingerprint density at radius 1 is 1.15 bits per heavy atom. The Kier molecular flexibility index (Phi) is 4.81.